The standard InChI is InChI=1S/C12H17F3N2O/c1-7(2)4-8(3)18-11-6-9(12(13,14)15)5-10(16)17-11/h5-8H,4H2,1-3H3,(H2,16,17). The minimum absolute atomic E-state index is 0.0875. The maximum atomic E-state index is 12.6. The number of hydrogen-bond acceptors (Lipinski definition) is 3. The average Bonchev–Trinajstić information content (AvgIpc) is 2.13. The molecule has 18 heavy (non-hydrogen) atoms. The summed E-state index contributed by atoms with van der Waals surface area (Å²) in [6.07, 6.45) is -3.92. The third-order valence-electron chi connectivity index (χ3n) is 2.27. The minimum Gasteiger partial charge on any atom is -0.475 e. The molecule has 1 heterocycles. The first-order chi connectivity index (χ1) is 8.18. The molecule has 6 heteroatoms. The van der Waals surface area contributed by atoms with Crippen LogP contribution in [0.4, 0.5) is 19.0 Å². The van der Waals surface area contributed by atoms with Crippen molar-refractivity contribution in [2.75, 3.05) is 5.73 Å². The second-order valence-corrected chi connectivity index (χ2v) is 4.67. The monoisotopic (exact) mass is 262 g/mol. The SMILES string of the molecule is CC(C)CC(C)Oc1cc(C(F)(F)F)cc(N)n1. The molecule has 0 aliphatic carbocycles. The Morgan fingerprint density at radius 2 is 1.89 bits per heavy atom. The smallest absolute Gasteiger partial charge is 0.416 e. The number of halogens is 3. The Bertz CT molecular complexity index is 405. The number of hydrogen-bond donors (Lipinski definition) is 1. The van der Waals surface area contributed by atoms with Crippen LogP contribution in [0.2, 0.25) is 0 Å². The van der Waals surface area contributed by atoms with Crippen LogP contribution in [0.3, 0.4) is 0 Å². The van der Waals surface area contributed by atoms with Crippen molar-refractivity contribution < 1.29 is 17.9 Å². The van der Waals surface area contributed by atoms with Crippen molar-refractivity contribution in [3.63, 3.8) is 0 Å². The van der Waals surface area contributed by atoms with Crippen molar-refractivity contribution in [2.24, 2.45) is 5.92 Å². The molecule has 0 saturated carbocycles. The van der Waals surface area contributed by atoms with E-state index in [1.165, 1.54) is 0 Å². The Balaban J connectivity index is 2.87. The summed E-state index contributed by atoms with van der Waals surface area (Å²) in [5, 5.41) is 0. The molecule has 1 atom stereocenters. The van der Waals surface area contributed by atoms with E-state index in [-0.39, 0.29) is 17.8 Å². The lowest BCUT2D eigenvalue weighted by Gasteiger charge is -2.17. The number of nitrogens with zero attached hydrogens (tertiary/aromatic N) is 1. The number of nitrogens with two attached hydrogens (primary N) is 1. The number of nitrogen functional groups attached to an aromatic ring is 1. The highest BCUT2D eigenvalue weighted by atomic mass is 19.4. The van der Waals surface area contributed by atoms with Crippen LogP contribution in [-0.4, -0.2) is 11.1 Å². The molecule has 3 nitrogen and oxygen atoms in total. The highest BCUT2D eigenvalue weighted by Crippen LogP contribution is 2.32. The molecular weight excluding hydrogens is 245 g/mol. The van der Waals surface area contributed by atoms with E-state index >= 15 is 0 Å². The van der Waals surface area contributed by atoms with Gasteiger partial charge in [0.05, 0.1) is 11.7 Å². The zero-order valence-electron chi connectivity index (χ0n) is 10.6. The molecule has 0 bridgehead atoms. The molecule has 1 aromatic rings. The van der Waals surface area contributed by atoms with Gasteiger partial charge in [0, 0.05) is 6.07 Å². The van der Waals surface area contributed by atoms with Gasteiger partial charge in [-0.05, 0) is 25.3 Å². The molecule has 1 rings (SSSR count). The Kier molecular flexibility index (Phi) is 4.43. The van der Waals surface area contributed by atoms with Gasteiger partial charge in [0.15, 0.2) is 0 Å². The first-order valence-electron chi connectivity index (χ1n) is 5.70. The lowest BCUT2D eigenvalue weighted by Crippen LogP contribution is -2.16. The molecule has 0 saturated heterocycles. The number of rotatable bonds is 4. The van der Waals surface area contributed by atoms with E-state index in [4.69, 9.17) is 10.5 Å². The first-order valence-corrected chi connectivity index (χ1v) is 5.70. The fraction of sp³-hybridized carbons (Fsp3) is 0.583. The van der Waals surface area contributed by atoms with Crippen LogP contribution in [0.1, 0.15) is 32.8 Å². The third kappa shape index (κ3) is 4.43. The highest BCUT2D eigenvalue weighted by molar-refractivity contribution is 5.38. The van der Waals surface area contributed by atoms with Crippen molar-refractivity contribution in [1.82, 2.24) is 4.98 Å². The quantitative estimate of drug-likeness (QED) is 0.903. The van der Waals surface area contributed by atoms with Crippen molar-refractivity contribution in [2.45, 2.75) is 39.5 Å². The molecule has 0 radical (unpaired) electrons. The summed E-state index contributed by atoms with van der Waals surface area (Å²) in [6.45, 7) is 5.81. The van der Waals surface area contributed by atoms with Crippen LogP contribution >= 0.6 is 0 Å². The summed E-state index contributed by atoms with van der Waals surface area (Å²) in [7, 11) is 0. The van der Waals surface area contributed by atoms with E-state index < -0.39 is 11.7 Å². The Morgan fingerprint density at radius 1 is 1.28 bits per heavy atom. The lowest BCUT2D eigenvalue weighted by atomic mass is 10.1. The molecule has 0 aliphatic heterocycles. The van der Waals surface area contributed by atoms with E-state index in [9.17, 15) is 13.2 Å². The number of ether oxygens (including phenoxy) is 1. The molecule has 102 valence electrons. The molecule has 0 spiro atoms. The number of aromatic nitrogens is 1. The molecule has 0 amide bonds. The topological polar surface area (TPSA) is 48.1 Å². The highest BCUT2D eigenvalue weighted by Gasteiger charge is 2.31. The Labute approximate surface area is 104 Å². The van der Waals surface area contributed by atoms with Crippen molar-refractivity contribution in [3.8, 4) is 5.88 Å². The van der Waals surface area contributed by atoms with Gasteiger partial charge in [0.25, 0.3) is 0 Å². The van der Waals surface area contributed by atoms with Gasteiger partial charge in [-0.15, -0.1) is 0 Å². The largest absolute Gasteiger partial charge is 0.475 e. The number of pyridine rings is 1. The van der Waals surface area contributed by atoms with Gasteiger partial charge in [-0.25, -0.2) is 0 Å². The minimum atomic E-state index is -4.45. The fourth-order valence-electron chi connectivity index (χ4n) is 1.67. The molecule has 0 aliphatic rings. The van der Waals surface area contributed by atoms with E-state index in [1.807, 2.05) is 13.8 Å². The summed E-state index contributed by atoms with van der Waals surface area (Å²) < 4.78 is 43.0. The predicted molar refractivity (Wildman–Crippen MR) is 63.2 cm³/mol. The normalized spacial score (nSPS) is 13.7. The van der Waals surface area contributed by atoms with E-state index in [2.05, 4.69) is 4.98 Å². The van der Waals surface area contributed by atoms with Crippen LogP contribution in [0.25, 0.3) is 0 Å². The van der Waals surface area contributed by atoms with Crippen LogP contribution < -0.4 is 10.5 Å². The number of anilines is 1. The van der Waals surface area contributed by atoms with Crippen molar-refractivity contribution in [3.05, 3.63) is 17.7 Å². The van der Waals surface area contributed by atoms with Gasteiger partial charge in [0.2, 0.25) is 5.88 Å². The van der Waals surface area contributed by atoms with Crippen LogP contribution in [0.15, 0.2) is 12.1 Å². The zero-order valence-corrected chi connectivity index (χ0v) is 10.6. The fourth-order valence-corrected chi connectivity index (χ4v) is 1.67. The zero-order chi connectivity index (χ0) is 13.9. The van der Waals surface area contributed by atoms with Gasteiger partial charge in [0.1, 0.15) is 5.82 Å². The third-order valence-corrected chi connectivity index (χ3v) is 2.27. The van der Waals surface area contributed by atoms with E-state index in [1.54, 1.807) is 6.92 Å². The molecule has 0 fully saturated rings. The first kappa shape index (κ1) is 14.6. The van der Waals surface area contributed by atoms with Crippen LogP contribution in [-0.2, 0) is 6.18 Å². The Hall–Kier alpha value is -1.46. The summed E-state index contributed by atoms with van der Waals surface area (Å²) in [5.74, 6) is 0.107. The van der Waals surface area contributed by atoms with Crippen molar-refractivity contribution in [1.29, 1.82) is 0 Å². The molecule has 1 unspecified atom stereocenters. The van der Waals surface area contributed by atoms with Crippen molar-refractivity contribution >= 4 is 5.82 Å². The maximum absolute atomic E-state index is 12.6. The molecule has 1 aromatic heterocycles. The summed E-state index contributed by atoms with van der Waals surface area (Å²) in [6, 6.07) is 1.66. The second-order valence-electron chi connectivity index (χ2n) is 4.67. The average molecular weight is 262 g/mol. The van der Waals surface area contributed by atoms with Gasteiger partial charge >= 0.3 is 6.18 Å². The predicted octanol–water partition coefficient (Wildman–Crippen LogP) is 3.50. The van der Waals surface area contributed by atoms with E-state index in [0.29, 0.717) is 5.92 Å². The summed E-state index contributed by atoms with van der Waals surface area (Å²) in [5.41, 5.74) is 4.50. The molecular formula is C12H17F3N2O. The lowest BCUT2D eigenvalue weighted by molar-refractivity contribution is -0.137. The number of alkyl halides is 3. The van der Waals surface area contributed by atoms with E-state index in [0.717, 1.165) is 18.6 Å². The van der Waals surface area contributed by atoms with Crippen LogP contribution in [0.5, 0.6) is 5.88 Å². The second kappa shape index (κ2) is 5.46. The summed E-state index contributed by atoms with van der Waals surface area (Å²) in [4.78, 5) is 3.75. The van der Waals surface area contributed by atoms with Gasteiger partial charge < -0.3 is 10.5 Å². The Morgan fingerprint density at radius 3 is 2.39 bits per heavy atom. The van der Waals surface area contributed by atoms with Gasteiger partial charge in [-0.2, -0.15) is 18.2 Å². The molecule has 0 aromatic carbocycles. The van der Waals surface area contributed by atoms with Gasteiger partial charge in [-0.3, -0.25) is 0 Å². The van der Waals surface area contributed by atoms with Crippen LogP contribution in [0, 0.1) is 5.92 Å². The van der Waals surface area contributed by atoms with Gasteiger partial charge in [-0.1, -0.05) is 13.8 Å². The maximum Gasteiger partial charge on any atom is 0.416 e. The molecule has 2 N–H and O–H groups in total. The summed E-state index contributed by atoms with van der Waals surface area (Å²) >= 11 is 0.